The van der Waals surface area contributed by atoms with E-state index in [1.165, 1.54) is 0 Å². The van der Waals surface area contributed by atoms with E-state index in [0.29, 0.717) is 13.1 Å². The minimum absolute atomic E-state index is 0.0677. The summed E-state index contributed by atoms with van der Waals surface area (Å²) in [7, 11) is 1.73. The lowest BCUT2D eigenvalue weighted by Gasteiger charge is -2.17. The average molecular weight is 368 g/mol. The Hall–Kier alpha value is -2.80. The topological polar surface area (TPSA) is 84.4 Å². The van der Waals surface area contributed by atoms with Crippen LogP contribution in [0.15, 0.2) is 42.7 Å². The number of likely N-dealkylation sites (N-methyl/N-ethyl adjacent to an activating group) is 1. The number of nitrogens with one attached hydrogen (secondary N) is 1. The Morgan fingerprint density at radius 2 is 2.00 bits per heavy atom. The van der Waals surface area contributed by atoms with Gasteiger partial charge < -0.3 is 15.0 Å². The van der Waals surface area contributed by atoms with Crippen LogP contribution in [0, 0.1) is 0 Å². The van der Waals surface area contributed by atoms with E-state index in [1.807, 2.05) is 12.1 Å². The van der Waals surface area contributed by atoms with Crippen molar-refractivity contribution in [2.45, 2.75) is 25.4 Å². The fourth-order valence-corrected chi connectivity index (χ4v) is 2.93. The summed E-state index contributed by atoms with van der Waals surface area (Å²) in [5.74, 6) is -0.502. The zero-order valence-corrected chi connectivity index (χ0v) is 15.4. The van der Waals surface area contributed by atoms with Gasteiger partial charge in [-0.05, 0) is 49.1 Å². The molecular weight excluding hydrogens is 344 g/mol. The number of hydrogen-bond acceptors (Lipinski definition) is 5. The fourth-order valence-electron chi connectivity index (χ4n) is 2.93. The van der Waals surface area contributed by atoms with Gasteiger partial charge in [0.05, 0.1) is 6.10 Å². The van der Waals surface area contributed by atoms with Crippen LogP contribution in [-0.2, 0) is 11.2 Å². The molecule has 1 saturated heterocycles. The van der Waals surface area contributed by atoms with Crippen molar-refractivity contribution in [3.05, 3.63) is 59.7 Å². The van der Waals surface area contributed by atoms with Crippen LogP contribution in [0.5, 0.6) is 0 Å². The molecule has 1 unspecified atom stereocenters. The maximum Gasteiger partial charge on any atom is 0.272 e. The SMILES string of the molecule is CN(CCc1ccncc1)C(=O)c1cccc(C(=O)NCC2CCCO2)n1. The molecule has 3 heterocycles. The number of ether oxygens (including phenoxy) is 1. The van der Waals surface area contributed by atoms with Crippen molar-refractivity contribution in [1.82, 2.24) is 20.2 Å². The zero-order valence-electron chi connectivity index (χ0n) is 15.4. The van der Waals surface area contributed by atoms with Crippen molar-refractivity contribution in [2.24, 2.45) is 0 Å². The van der Waals surface area contributed by atoms with Crippen LogP contribution < -0.4 is 5.32 Å². The maximum absolute atomic E-state index is 12.6. The summed E-state index contributed by atoms with van der Waals surface area (Å²) >= 11 is 0. The largest absolute Gasteiger partial charge is 0.376 e. The lowest BCUT2D eigenvalue weighted by atomic mass is 10.2. The molecule has 3 rings (SSSR count). The minimum Gasteiger partial charge on any atom is -0.376 e. The van der Waals surface area contributed by atoms with Crippen LogP contribution in [0.4, 0.5) is 0 Å². The molecule has 2 amide bonds. The Bertz CT molecular complexity index is 776. The Labute approximate surface area is 158 Å². The van der Waals surface area contributed by atoms with E-state index in [-0.39, 0.29) is 29.3 Å². The van der Waals surface area contributed by atoms with Gasteiger partial charge in [0.25, 0.3) is 11.8 Å². The molecule has 0 aromatic carbocycles. The first-order valence-electron chi connectivity index (χ1n) is 9.14. The summed E-state index contributed by atoms with van der Waals surface area (Å²) in [6, 6.07) is 8.77. The van der Waals surface area contributed by atoms with Gasteiger partial charge in [-0.1, -0.05) is 6.07 Å². The van der Waals surface area contributed by atoms with Crippen LogP contribution in [0.1, 0.15) is 39.4 Å². The molecule has 2 aromatic rings. The molecule has 0 spiro atoms. The molecule has 0 radical (unpaired) electrons. The van der Waals surface area contributed by atoms with Crippen molar-refractivity contribution in [2.75, 3.05) is 26.7 Å². The van der Waals surface area contributed by atoms with Gasteiger partial charge in [0.2, 0.25) is 0 Å². The third-order valence-corrected chi connectivity index (χ3v) is 4.55. The number of rotatable bonds is 7. The van der Waals surface area contributed by atoms with E-state index in [0.717, 1.165) is 31.4 Å². The Morgan fingerprint density at radius 3 is 2.74 bits per heavy atom. The number of carbonyl (C=O) groups excluding carboxylic acids is 2. The standard InChI is InChI=1S/C20H24N4O3/c1-24(12-9-15-7-10-21-11-8-15)20(26)18-6-2-5-17(23-18)19(25)22-14-16-4-3-13-27-16/h2,5-8,10-11,16H,3-4,9,12-14H2,1H3,(H,22,25). The Kier molecular flexibility index (Phi) is 6.49. The normalized spacial score (nSPS) is 16.1. The van der Waals surface area contributed by atoms with Gasteiger partial charge in [0.15, 0.2) is 0 Å². The molecule has 7 nitrogen and oxygen atoms in total. The molecule has 1 aliphatic rings. The van der Waals surface area contributed by atoms with Crippen molar-refractivity contribution >= 4 is 11.8 Å². The highest BCUT2D eigenvalue weighted by Gasteiger charge is 2.19. The Morgan fingerprint density at radius 1 is 1.22 bits per heavy atom. The summed E-state index contributed by atoms with van der Waals surface area (Å²) in [5.41, 5.74) is 1.61. The van der Waals surface area contributed by atoms with E-state index in [2.05, 4.69) is 15.3 Å². The first kappa shape index (κ1) is 19.0. The van der Waals surface area contributed by atoms with E-state index < -0.39 is 0 Å². The lowest BCUT2D eigenvalue weighted by molar-refractivity contribution is 0.0790. The van der Waals surface area contributed by atoms with Gasteiger partial charge in [-0.3, -0.25) is 14.6 Å². The predicted octanol–water partition coefficient (Wildman–Crippen LogP) is 1.70. The van der Waals surface area contributed by atoms with Crippen LogP contribution >= 0.6 is 0 Å². The van der Waals surface area contributed by atoms with E-state index in [4.69, 9.17) is 4.74 Å². The van der Waals surface area contributed by atoms with Crippen molar-refractivity contribution in [1.29, 1.82) is 0 Å². The van der Waals surface area contributed by atoms with Gasteiger partial charge in [0, 0.05) is 39.1 Å². The van der Waals surface area contributed by atoms with Crippen molar-refractivity contribution in [3.63, 3.8) is 0 Å². The van der Waals surface area contributed by atoms with Crippen LogP contribution in [0.3, 0.4) is 0 Å². The number of hydrogen-bond donors (Lipinski definition) is 1. The highest BCUT2D eigenvalue weighted by molar-refractivity contribution is 5.96. The van der Waals surface area contributed by atoms with Crippen LogP contribution in [0.25, 0.3) is 0 Å². The van der Waals surface area contributed by atoms with Crippen molar-refractivity contribution < 1.29 is 14.3 Å². The van der Waals surface area contributed by atoms with Gasteiger partial charge in [-0.2, -0.15) is 0 Å². The highest BCUT2D eigenvalue weighted by atomic mass is 16.5. The summed E-state index contributed by atoms with van der Waals surface area (Å²) in [4.78, 5) is 34.7. The molecule has 142 valence electrons. The number of pyridine rings is 2. The van der Waals surface area contributed by atoms with Crippen LogP contribution in [-0.4, -0.2) is 59.5 Å². The average Bonchev–Trinajstić information content (AvgIpc) is 3.24. The Balaban J connectivity index is 1.56. The number of amides is 2. The molecule has 1 N–H and O–H groups in total. The smallest absolute Gasteiger partial charge is 0.272 e. The monoisotopic (exact) mass is 368 g/mol. The van der Waals surface area contributed by atoms with Crippen LogP contribution in [0.2, 0.25) is 0 Å². The molecule has 1 fully saturated rings. The third kappa shape index (κ3) is 5.34. The molecular formula is C20H24N4O3. The molecule has 7 heteroatoms. The van der Waals surface area contributed by atoms with Gasteiger partial charge >= 0.3 is 0 Å². The zero-order chi connectivity index (χ0) is 19.1. The summed E-state index contributed by atoms with van der Waals surface area (Å²) in [6.07, 6.45) is 6.24. The molecule has 0 saturated carbocycles. The van der Waals surface area contributed by atoms with Gasteiger partial charge in [0.1, 0.15) is 11.4 Å². The lowest BCUT2D eigenvalue weighted by Crippen LogP contribution is -2.33. The second-order valence-electron chi connectivity index (χ2n) is 6.59. The predicted molar refractivity (Wildman–Crippen MR) is 100 cm³/mol. The van der Waals surface area contributed by atoms with E-state index in [1.54, 1.807) is 42.5 Å². The number of aromatic nitrogens is 2. The van der Waals surface area contributed by atoms with E-state index >= 15 is 0 Å². The third-order valence-electron chi connectivity index (χ3n) is 4.55. The van der Waals surface area contributed by atoms with Gasteiger partial charge in [-0.25, -0.2) is 4.98 Å². The number of carbonyl (C=O) groups is 2. The quantitative estimate of drug-likeness (QED) is 0.804. The first-order chi connectivity index (χ1) is 13.1. The highest BCUT2D eigenvalue weighted by Crippen LogP contribution is 2.11. The van der Waals surface area contributed by atoms with Crippen molar-refractivity contribution in [3.8, 4) is 0 Å². The minimum atomic E-state index is -0.292. The fraction of sp³-hybridized carbons (Fsp3) is 0.400. The molecule has 27 heavy (non-hydrogen) atoms. The summed E-state index contributed by atoms with van der Waals surface area (Å²) in [5, 5.41) is 2.83. The second-order valence-corrected chi connectivity index (χ2v) is 6.59. The first-order valence-corrected chi connectivity index (χ1v) is 9.14. The summed E-state index contributed by atoms with van der Waals surface area (Å²) < 4.78 is 5.50. The molecule has 1 atom stereocenters. The van der Waals surface area contributed by atoms with Gasteiger partial charge in [-0.15, -0.1) is 0 Å². The molecule has 2 aromatic heterocycles. The molecule has 1 aliphatic heterocycles. The summed E-state index contributed by atoms with van der Waals surface area (Å²) in [6.45, 7) is 1.76. The molecule has 0 aliphatic carbocycles. The van der Waals surface area contributed by atoms with E-state index in [9.17, 15) is 9.59 Å². The molecule has 0 bridgehead atoms. The second kappa shape index (κ2) is 9.23. The maximum atomic E-state index is 12.6. The number of nitrogens with zero attached hydrogens (tertiary/aromatic N) is 3.